The first-order chi connectivity index (χ1) is 6.18. The normalized spacial score (nSPS) is 16.6. The summed E-state index contributed by atoms with van der Waals surface area (Å²) in [7, 11) is 1.68. The number of para-hydroxylation sites is 2. The summed E-state index contributed by atoms with van der Waals surface area (Å²) < 4.78 is 12.6. The average molecular weight is 164 g/mol. The van der Waals surface area contributed by atoms with Gasteiger partial charge in [0.2, 0.25) is 0 Å². The molecule has 0 N–H and O–H groups in total. The van der Waals surface area contributed by atoms with Crippen molar-refractivity contribution in [2.45, 2.75) is 0 Å². The highest BCUT2D eigenvalue weighted by atomic mass is 16.5. The minimum atomic E-state index is -0.0851. The predicted molar refractivity (Wildman–Crippen MR) is 45.3 cm³/mol. The lowest BCUT2D eigenvalue weighted by atomic mass is 10.2. The predicted octanol–water partition coefficient (Wildman–Crippen LogP) is 1.04. The molecule has 0 atom stereocenters. The van der Waals surface area contributed by atoms with E-state index in [4.69, 9.17) is 6.11 Å². The summed E-state index contributed by atoms with van der Waals surface area (Å²) in [6.07, 6.45) is 0. The molecule has 0 saturated heterocycles. The fourth-order valence-corrected chi connectivity index (χ4v) is 1.16. The average Bonchev–Trinajstić information content (AvgIpc) is 2.12. The molecule has 0 fully saturated rings. The number of hydrogen-bond donors (Lipinski definition) is 0. The molecule has 3 nitrogen and oxygen atoms in total. The highest BCUT2D eigenvalue weighted by molar-refractivity contribution is 5.97. The Hall–Kier alpha value is -1.51. The van der Waals surface area contributed by atoms with Crippen LogP contribution < -0.4 is 9.64 Å². The second-order valence-electron chi connectivity index (χ2n) is 2.64. The van der Waals surface area contributed by atoms with Crippen molar-refractivity contribution in [1.82, 2.24) is 0 Å². The maximum Gasteiger partial charge on any atom is 0.264 e. The molecule has 1 amide bonds. The number of ether oxygens (including phenoxy) is 1. The van der Waals surface area contributed by atoms with Crippen LogP contribution in [-0.4, -0.2) is 19.6 Å². The number of amides is 1. The topological polar surface area (TPSA) is 29.5 Å². The first-order valence-electron chi connectivity index (χ1n) is 4.18. The molecule has 0 saturated carbocycles. The number of fused-ring (bicyclic) bond motifs is 1. The monoisotopic (exact) mass is 164 g/mol. The number of benzene rings is 1. The first-order valence-corrected chi connectivity index (χ1v) is 3.68. The van der Waals surface area contributed by atoms with Gasteiger partial charge in [-0.25, -0.2) is 0 Å². The second kappa shape index (κ2) is 2.52. The molecule has 0 bridgehead atoms. The van der Waals surface area contributed by atoms with Crippen molar-refractivity contribution in [3.63, 3.8) is 0 Å². The molecule has 1 aliphatic rings. The van der Waals surface area contributed by atoms with Crippen LogP contribution in [0.2, 0.25) is 0 Å². The SMILES string of the molecule is [2H]c1ccc2c(c1)N(C)C(=O)CO2. The zero-order chi connectivity index (χ0) is 9.42. The molecule has 2 rings (SSSR count). The van der Waals surface area contributed by atoms with Crippen molar-refractivity contribution < 1.29 is 10.9 Å². The van der Waals surface area contributed by atoms with Crippen molar-refractivity contribution in [3.8, 4) is 5.75 Å². The largest absolute Gasteiger partial charge is 0.482 e. The van der Waals surface area contributed by atoms with Gasteiger partial charge < -0.3 is 9.64 Å². The summed E-state index contributed by atoms with van der Waals surface area (Å²) in [4.78, 5) is 12.7. The first kappa shape index (κ1) is 6.06. The molecule has 0 radical (unpaired) electrons. The van der Waals surface area contributed by atoms with Crippen LogP contribution in [0.25, 0.3) is 0 Å². The molecule has 62 valence electrons. The Kier molecular flexibility index (Phi) is 1.27. The maximum absolute atomic E-state index is 11.2. The van der Waals surface area contributed by atoms with Crippen molar-refractivity contribution >= 4 is 11.6 Å². The van der Waals surface area contributed by atoms with Gasteiger partial charge in [0, 0.05) is 7.05 Å². The Morgan fingerprint density at radius 3 is 3.33 bits per heavy atom. The molecular weight excluding hydrogens is 154 g/mol. The Balaban J connectivity index is 2.51. The third-order valence-corrected chi connectivity index (χ3v) is 1.89. The van der Waals surface area contributed by atoms with E-state index in [2.05, 4.69) is 0 Å². The number of carbonyl (C=O) groups excluding carboxylic acids is 1. The third kappa shape index (κ3) is 0.942. The van der Waals surface area contributed by atoms with Crippen LogP contribution in [0, 0.1) is 0 Å². The van der Waals surface area contributed by atoms with Gasteiger partial charge in [-0.2, -0.15) is 0 Å². The molecule has 1 aliphatic heterocycles. The molecule has 0 aliphatic carbocycles. The lowest BCUT2D eigenvalue weighted by molar-refractivity contribution is -0.120. The van der Waals surface area contributed by atoms with Crippen LogP contribution in [0.15, 0.2) is 24.2 Å². The Labute approximate surface area is 72.0 Å². The van der Waals surface area contributed by atoms with E-state index in [1.54, 1.807) is 25.2 Å². The molecular formula is C9H9NO2. The number of nitrogens with zero attached hydrogens (tertiary/aromatic N) is 1. The molecule has 1 heterocycles. The molecule has 0 spiro atoms. The molecule has 12 heavy (non-hydrogen) atoms. The van der Waals surface area contributed by atoms with Gasteiger partial charge >= 0.3 is 0 Å². The van der Waals surface area contributed by atoms with Gasteiger partial charge in [0.05, 0.1) is 7.06 Å². The van der Waals surface area contributed by atoms with Gasteiger partial charge in [-0.15, -0.1) is 0 Å². The zero-order valence-corrected chi connectivity index (χ0v) is 6.70. The summed E-state index contributed by atoms with van der Waals surface area (Å²) in [5, 5.41) is 0. The van der Waals surface area contributed by atoms with Crippen LogP contribution in [0.3, 0.4) is 0 Å². The fraction of sp³-hybridized carbons (Fsp3) is 0.222. The second-order valence-corrected chi connectivity index (χ2v) is 2.64. The summed E-state index contributed by atoms with van der Waals surface area (Å²) >= 11 is 0. The lowest BCUT2D eigenvalue weighted by Crippen LogP contribution is -2.35. The van der Waals surface area contributed by atoms with E-state index in [0.717, 1.165) is 0 Å². The van der Waals surface area contributed by atoms with Crippen LogP contribution >= 0.6 is 0 Å². The van der Waals surface area contributed by atoms with E-state index in [-0.39, 0.29) is 12.5 Å². The van der Waals surface area contributed by atoms with E-state index >= 15 is 0 Å². The molecule has 1 aromatic rings. The Bertz CT molecular complexity index is 365. The number of rotatable bonds is 0. The van der Waals surface area contributed by atoms with E-state index < -0.39 is 0 Å². The van der Waals surface area contributed by atoms with E-state index in [1.165, 1.54) is 4.90 Å². The van der Waals surface area contributed by atoms with Crippen molar-refractivity contribution in [2.24, 2.45) is 0 Å². The standard InChI is InChI=1S/C9H9NO2/c1-10-7-4-2-3-5-8(7)12-6-9(10)11/h2-5H,6H2,1H3/i2D. The van der Waals surface area contributed by atoms with Crippen LogP contribution in [0.5, 0.6) is 5.75 Å². The van der Waals surface area contributed by atoms with Crippen molar-refractivity contribution in [3.05, 3.63) is 24.2 Å². The summed E-state index contributed by atoms with van der Waals surface area (Å²) in [6.45, 7) is 0.0842. The summed E-state index contributed by atoms with van der Waals surface area (Å²) in [6, 6.07) is 5.35. The van der Waals surface area contributed by atoms with E-state index in [0.29, 0.717) is 17.5 Å². The lowest BCUT2D eigenvalue weighted by Gasteiger charge is -2.25. The van der Waals surface area contributed by atoms with Crippen LogP contribution in [0.1, 0.15) is 1.37 Å². The van der Waals surface area contributed by atoms with Gasteiger partial charge in [-0.3, -0.25) is 4.79 Å². The van der Waals surface area contributed by atoms with Gasteiger partial charge in [0.15, 0.2) is 6.61 Å². The molecule has 3 heteroatoms. The van der Waals surface area contributed by atoms with E-state index in [9.17, 15) is 4.79 Å². The molecule has 1 aromatic carbocycles. The number of anilines is 1. The van der Waals surface area contributed by atoms with Crippen molar-refractivity contribution in [2.75, 3.05) is 18.6 Å². The van der Waals surface area contributed by atoms with Gasteiger partial charge in [0.25, 0.3) is 5.91 Å². The number of likely N-dealkylation sites (N-methyl/N-ethyl adjacent to an activating group) is 1. The maximum atomic E-state index is 11.2. The smallest absolute Gasteiger partial charge is 0.264 e. The van der Waals surface area contributed by atoms with Crippen LogP contribution in [-0.2, 0) is 4.79 Å². The number of hydrogen-bond acceptors (Lipinski definition) is 2. The third-order valence-electron chi connectivity index (χ3n) is 1.89. The molecule has 0 unspecified atom stereocenters. The summed E-state index contributed by atoms with van der Waals surface area (Å²) in [5.74, 6) is 0.580. The van der Waals surface area contributed by atoms with Gasteiger partial charge in [0.1, 0.15) is 5.75 Å². The Morgan fingerprint density at radius 1 is 1.67 bits per heavy atom. The number of carbonyl (C=O) groups is 1. The Morgan fingerprint density at radius 2 is 2.50 bits per heavy atom. The van der Waals surface area contributed by atoms with Crippen molar-refractivity contribution in [1.29, 1.82) is 0 Å². The summed E-state index contributed by atoms with van der Waals surface area (Å²) in [5.41, 5.74) is 0.670. The van der Waals surface area contributed by atoms with Gasteiger partial charge in [-0.05, 0) is 12.1 Å². The quantitative estimate of drug-likeness (QED) is 0.573. The van der Waals surface area contributed by atoms with E-state index in [1.807, 2.05) is 0 Å². The molecule has 0 aromatic heterocycles. The van der Waals surface area contributed by atoms with Gasteiger partial charge in [-0.1, -0.05) is 12.1 Å². The zero-order valence-electron chi connectivity index (χ0n) is 7.70. The minimum Gasteiger partial charge on any atom is -0.482 e. The van der Waals surface area contributed by atoms with Crippen LogP contribution in [0.4, 0.5) is 5.69 Å². The minimum absolute atomic E-state index is 0.0842. The highest BCUT2D eigenvalue weighted by Gasteiger charge is 2.20. The fourth-order valence-electron chi connectivity index (χ4n) is 1.16. The highest BCUT2D eigenvalue weighted by Crippen LogP contribution is 2.29.